The standard InChI is InChI=1S/C27H37Cl/c1-3-25(4-2)26-17-13-23(14-18-26)11-9-21-5-7-22(8-6-21)10-12-24-15-19-27(28)20-16-24/h3,5-8,23-27H,1,4,9,11,13-20H2,2H3. The van der Waals surface area contributed by atoms with E-state index in [1.807, 2.05) is 0 Å². The number of benzene rings is 1. The minimum Gasteiger partial charge on any atom is -0.123 e. The van der Waals surface area contributed by atoms with E-state index in [2.05, 4.69) is 55.7 Å². The Morgan fingerprint density at radius 1 is 1.04 bits per heavy atom. The summed E-state index contributed by atoms with van der Waals surface area (Å²) < 4.78 is 0. The number of rotatable bonds is 6. The zero-order valence-electron chi connectivity index (χ0n) is 17.6. The van der Waals surface area contributed by atoms with Gasteiger partial charge in [-0.2, -0.15) is 0 Å². The van der Waals surface area contributed by atoms with Crippen LogP contribution in [0.1, 0.15) is 82.3 Å². The lowest BCUT2D eigenvalue weighted by atomic mass is 9.73. The van der Waals surface area contributed by atoms with Crippen molar-refractivity contribution >= 4 is 11.6 Å². The third-order valence-electron chi connectivity index (χ3n) is 7.14. The Balaban J connectivity index is 1.41. The highest BCUT2D eigenvalue weighted by molar-refractivity contribution is 6.20. The number of allylic oxidation sites excluding steroid dienone is 1. The van der Waals surface area contributed by atoms with Gasteiger partial charge in [0.2, 0.25) is 0 Å². The Bertz CT molecular complexity index is 646. The van der Waals surface area contributed by atoms with Gasteiger partial charge in [0.15, 0.2) is 0 Å². The fourth-order valence-electron chi connectivity index (χ4n) is 5.11. The number of alkyl halides is 1. The Morgan fingerprint density at radius 2 is 1.71 bits per heavy atom. The van der Waals surface area contributed by atoms with Gasteiger partial charge in [0.05, 0.1) is 0 Å². The van der Waals surface area contributed by atoms with Crippen molar-refractivity contribution < 1.29 is 0 Å². The second-order valence-electron chi connectivity index (χ2n) is 9.04. The lowest BCUT2D eigenvalue weighted by molar-refractivity contribution is 0.219. The molecule has 0 radical (unpaired) electrons. The van der Waals surface area contributed by atoms with Crippen LogP contribution in [0, 0.1) is 35.5 Å². The SMILES string of the molecule is C=CC(CC)C1CCC(CCc2ccc(C#CC3CCC(Cl)CC3)cc2)CC1. The molecule has 0 heterocycles. The molecule has 28 heavy (non-hydrogen) atoms. The molecule has 3 rings (SSSR count). The van der Waals surface area contributed by atoms with Gasteiger partial charge >= 0.3 is 0 Å². The molecule has 0 bridgehead atoms. The van der Waals surface area contributed by atoms with E-state index in [9.17, 15) is 0 Å². The Kier molecular flexibility index (Phi) is 8.54. The largest absolute Gasteiger partial charge is 0.123 e. The summed E-state index contributed by atoms with van der Waals surface area (Å²) in [5, 5.41) is 0.377. The molecule has 0 nitrogen and oxygen atoms in total. The third kappa shape index (κ3) is 6.42. The fourth-order valence-corrected chi connectivity index (χ4v) is 5.36. The predicted octanol–water partition coefficient (Wildman–Crippen LogP) is 7.79. The van der Waals surface area contributed by atoms with E-state index in [4.69, 9.17) is 11.6 Å². The van der Waals surface area contributed by atoms with E-state index in [1.165, 1.54) is 50.5 Å². The molecule has 1 aromatic rings. The molecular formula is C27H37Cl. The molecule has 0 spiro atoms. The van der Waals surface area contributed by atoms with Crippen LogP contribution in [0.5, 0.6) is 0 Å². The van der Waals surface area contributed by atoms with Crippen molar-refractivity contribution in [3.8, 4) is 11.8 Å². The maximum Gasteiger partial charge on any atom is 0.0337 e. The molecule has 0 N–H and O–H groups in total. The van der Waals surface area contributed by atoms with Crippen molar-refractivity contribution in [1.29, 1.82) is 0 Å². The monoisotopic (exact) mass is 396 g/mol. The third-order valence-corrected chi connectivity index (χ3v) is 7.58. The van der Waals surface area contributed by atoms with Gasteiger partial charge in [0, 0.05) is 16.9 Å². The van der Waals surface area contributed by atoms with Gasteiger partial charge in [-0.25, -0.2) is 0 Å². The molecule has 2 fully saturated rings. The lowest BCUT2D eigenvalue weighted by Gasteiger charge is -2.32. The fraction of sp³-hybridized carbons (Fsp3) is 0.630. The minimum absolute atomic E-state index is 0.377. The van der Waals surface area contributed by atoms with Crippen molar-refractivity contribution in [3.63, 3.8) is 0 Å². The van der Waals surface area contributed by atoms with Crippen LogP contribution in [0.25, 0.3) is 0 Å². The van der Waals surface area contributed by atoms with Crippen LogP contribution in [0.2, 0.25) is 0 Å². The first kappa shape index (κ1) is 21.5. The van der Waals surface area contributed by atoms with E-state index in [0.717, 1.165) is 49.0 Å². The van der Waals surface area contributed by atoms with E-state index in [-0.39, 0.29) is 0 Å². The van der Waals surface area contributed by atoms with E-state index >= 15 is 0 Å². The Morgan fingerprint density at radius 3 is 2.32 bits per heavy atom. The van der Waals surface area contributed by atoms with Crippen LogP contribution >= 0.6 is 11.6 Å². The van der Waals surface area contributed by atoms with Crippen LogP contribution < -0.4 is 0 Å². The summed E-state index contributed by atoms with van der Waals surface area (Å²) in [5.74, 6) is 9.93. The van der Waals surface area contributed by atoms with Crippen molar-refractivity contribution in [3.05, 3.63) is 48.0 Å². The molecule has 0 amide bonds. The summed E-state index contributed by atoms with van der Waals surface area (Å²) in [6.45, 7) is 6.34. The van der Waals surface area contributed by atoms with Gasteiger partial charge in [-0.15, -0.1) is 18.2 Å². The molecule has 2 aliphatic carbocycles. The first-order valence-electron chi connectivity index (χ1n) is 11.5. The molecule has 0 aliphatic heterocycles. The Labute approximate surface area is 178 Å². The van der Waals surface area contributed by atoms with Crippen LogP contribution in [-0.4, -0.2) is 5.38 Å². The zero-order chi connectivity index (χ0) is 19.8. The van der Waals surface area contributed by atoms with Crippen molar-refractivity contribution in [2.24, 2.45) is 23.7 Å². The van der Waals surface area contributed by atoms with E-state index in [0.29, 0.717) is 11.3 Å². The minimum atomic E-state index is 0.377. The molecule has 2 aliphatic rings. The molecule has 2 saturated carbocycles. The summed E-state index contributed by atoms with van der Waals surface area (Å²) >= 11 is 6.18. The summed E-state index contributed by atoms with van der Waals surface area (Å²) in [4.78, 5) is 0. The quantitative estimate of drug-likeness (QED) is 0.261. The number of hydrogen-bond donors (Lipinski definition) is 0. The van der Waals surface area contributed by atoms with Crippen molar-refractivity contribution in [1.82, 2.24) is 0 Å². The van der Waals surface area contributed by atoms with Gasteiger partial charge in [-0.3, -0.25) is 0 Å². The van der Waals surface area contributed by atoms with Gasteiger partial charge in [-0.1, -0.05) is 49.8 Å². The van der Waals surface area contributed by atoms with Crippen molar-refractivity contribution in [2.45, 2.75) is 82.9 Å². The molecule has 1 unspecified atom stereocenters. The number of hydrogen-bond acceptors (Lipinski definition) is 0. The van der Waals surface area contributed by atoms with Crippen LogP contribution in [0.4, 0.5) is 0 Å². The van der Waals surface area contributed by atoms with Crippen molar-refractivity contribution in [2.75, 3.05) is 0 Å². The lowest BCUT2D eigenvalue weighted by Crippen LogP contribution is -2.20. The smallest absolute Gasteiger partial charge is 0.0337 e. The van der Waals surface area contributed by atoms with E-state index < -0.39 is 0 Å². The summed E-state index contributed by atoms with van der Waals surface area (Å²) in [6.07, 6.45) is 16.2. The predicted molar refractivity (Wildman–Crippen MR) is 123 cm³/mol. The normalized spacial score (nSPS) is 28.8. The van der Waals surface area contributed by atoms with Gasteiger partial charge in [-0.05, 0) is 93.2 Å². The molecular weight excluding hydrogens is 360 g/mol. The molecule has 1 heteroatoms. The average Bonchev–Trinajstić information content (AvgIpc) is 2.74. The highest BCUT2D eigenvalue weighted by atomic mass is 35.5. The highest BCUT2D eigenvalue weighted by Gasteiger charge is 2.25. The summed E-state index contributed by atoms with van der Waals surface area (Å²) in [6, 6.07) is 9.00. The first-order chi connectivity index (χ1) is 13.7. The first-order valence-corrected chi connectivity index (χ1v) is 12.0. The molecule has 152 valence electrons. The Hall–Kier alpha value is -1.19. The molecule has 0 aromatic heterocycles. The number of aryl methyl sites for hydroxylation is 1. The van der Waals surface area contributed by atoms with Gasteiger partial charge < -0.3 is 0 Å². The number of halogens is 1. The maximum absolute atomic E-state index is 6.18. The van der Waals surface area contributed by atoms with Crippen LogP contribution in [-0.2, 0) is 6.42 Å². The molecule has 1 aromatic carbocycles. The maximum atomic E-state index is 6.18. The van der Waals surface area contributed by atoms with Gasteiger partial charge in [0.1, 0.15) is 0 Å². The highest BCUT2D eigenvalue weighted by Crippen LogP contribution is 2.37. The molecule has 1 atom stereocenters. The molecule has 0 saturated heterocycles. The van der Waals surface area contributed by atoms with Crippen LogP contribution in [0.15, 0.2) is 36.9 Å². The summed E-state index contributed by atoms with van der Waals surface area (Å²) in [5.41, 5.74) is 2.63. The van der Waals surface area contributed by atoms with Crippen LogP contribution in [0.3, 0.4) is 0 Å². The topological polar surface area (TPSA) is 0 Å². The second-order valence-corrected chi connectivity index (χ2v) is 9.66. The summed E-state index contributed by atoms with van der Waals surface area (Å²) in [7, 11) is 0. The second kappa shape index (κ2) is 11.1. The van der Waals surface area contributed by atoms with E-state index in [1.54, 1.807) is 0 Å². The average molecular weight is 397 g/mol. The van der Waals surface area contributed by atoms with Gasteiger partial charge in [0.25, 0.3) is 0 Å². The zero-order valence-corrected chi connectivity index (χ0v) is 18.4.